The first-order valence-electron chi connectivity index (χ1n) is 11.5. The van der Waals surface area contributed by atoms with E-state index in [9.17, 15) is 8.78 Å². The number of nitrogens with zero attached hydrogens (tertiary/aromatic N) is 2. The van der Waals surface area contributed by atoms with Crippen molar-refractivity contribution in [3.05, 3.63) is 65.2 Å². The van der Waals surface area contributed by atoms with Gasteiger partial charge in [0.15, 0.2) is 0 Å². The third-order valence-corrected chi connectivity index (χ3v) is 6.87. The molecule has 0 amide bonds. The van der Waals surface area contributed by atoms with E-state index >= 15 is 0 Å². The summed E-state index contributed by atoms with van der Waals surface area (Å²) in [6.07, 6.45) is 3.89. The number of hydrogen-bond donors (Lipinski definition) is 2. The Labute approximate surface area is 187 Å². The van der Waals surface area contributed by atoms with Crippen LogP contribution in [-0.4, -0.2) is 23.6 Å². The third-order valence-electron chi connectivity index (χ3n) is 6.87. The maximum absolute atomic E-state index is 14.8. The molecule has 4 nitrogen and oxygen atoms in total. The van der Waals surface area contributed by atoms with Crippen molar-refractivity contribution in [1.29, 1.82) is 0 Å². The molecule has 2 aliphatic rings. The van der Waals surface area contributed by atoms with Crippen molar-refractivity contribution < 1.29 is 8.78 Å². The molecule has 1 aromatic heterocycles. The molecule has 3 aromatic rings. The number of hydrogen-bond acceptors (Lipinski definition) is 4. The monoisotopic (exact) mass is 436 g/mol. The van der Waals surface area contributed by atoms with Crippen molar-refractivity contribution in [2.75, 3.05) is 16.8 Å². The summed E-state index contributed by atoms with van der Waals surface area (Å²) in [4.78, 5) is 6.88. The summed E-state index contributed by atoms with van der Waals surface area (Å²) in [6, 6.07) is 15.8. The molecule has 6 heteroatoms. The van der Waals surface area contributed by atoms with E-state index in [1.807, 2.05) is 29.2 Å². The van der Waals surface area contributed by atoms with Gasteiger partial charge in [-0.3, -0.25) is 0 Å². The van der Waals surface area contributed by atoms with Gasteiger partial charge >= 0.3 is 0 Å². The van der Waals surface area contributed by atoms with E-state index in [1.165, 1.54) is 5.56 Å². The van der Waals surface area contributed by atoms with Crippen molar-refractivity contribution >= 4 is 22.4 Å². The second kappa shape index (κ2) is 8.32. The Hall–Kier alpha value is -2.73. The number of pyridine rings is 1. The van der Waals surface area contributed by atoms with Crippen LogP contribution in [0, 0.1) is 6.92 Å². The summed E-state index contributed by atoms with van der Waals surface area (Å²) in [5, 5.41) is 4.81. The first kappa shape index (κ1) is 21.1. The molecule has 0 saturated heterocycles. The van der Waals surface area contributed by atoms with Gasteiger partial charge in [0, 0.05) is 54.3 Å². The van der Waals surface area contributed by atoms with Crippen molar-refractivity contribution in [2.24, 2.45) is 5.73 Å². The fraction of sp³-hybridized carbons (Fsp3) is 0.423. The number of fused-ring (bicyclic) bond motifs is 2. The first-order valence-corrected chi connectivity index (χ1v) is 11.5. The highest BCUT2D eigenvalue weighted by Crippen LogP contribution is 2.39. The Bertz CT molecular complexity index is 1120. The number of aromatic nitrogens is 1. The minimum absolute atomic E-state index is 0.135. The Morgan fingerprint density at radius 3 is 2.66 bits per heavy atom. The SMILES string of the molecule is Cc1ccc2nc(N3CCC(F)(F)c4ccccc4C3)cc(N[C@H]3CC[C@@H](N)CC3)c2c1. The van der Waals surface area contributed by atoms with E-state index in [-0.39, 0.29) is 18.5 Å². The topological polar surface area (TPSA) is 54.2 Å². The third kappa shape index (κ3) is 4.16. The fourth-order valence-corrected chi connectivity index (χ4v) is 5.00. The van der Waals surface area contributed by atoms with E-state index in [1.54, 1.807) is 18.2 Å². The number of nitrogens with one attached hydrogen (secondary N) is 1. The molecule has 1 fully saturated rings. The second-order valence-electron chi connectivity index (χ2n) is 9.34. The van der Waals surface area contributed by atoms with Crippen LogP contribution in [0.25, 0.3) is 10.9 Å². The van der Waals surface area contributed by atoms with Crippen molar-refractivity contribution in [3.8, 4) is 0 Å². The average Bonchev–Trinajstić information content (AvgIpc) is 2.91. The Kier molecular flexibility index (Phi) is 5.49. The van der Waals surface area contributed by atoms with E-state index in [4.69, 9.17) is 10.7 Å². The Balaban J connectivity index is 1.52. The van der Waals surface area contributed by atoms with Gasteiger partial charge in [0.25, 0.3) is 5.92 Å². The van der Waals surface area contributed by atoms with Crippen LogP contribution in [-0.2, 0) is 12.5 Å². The van der Waals surface area contributed by atoms with Gasteiger partial charge in [0.1, 0.15) is 5.82 Å². The normalized spacial score (nSPS) is 22.9. The van der Waals surface area contributed by atoms with E-state index in [2.05, 4.69) is 18.3 Å². The second-order valence-corrected chi connectivity index (χ2v) is 9.34. The maximum Gasteiger partial charge on any atom is 0.275 e. The van der Waals surface area contributed by atoms with E-state index in [0.717, 1.165) is 48.1 Å². The number of halogens is 2. The predicted molar refractivity (Wildman–Crippen MR) is 126 cm³/mol. The van der Waals surface area contributed by atoms with Crippen molar-refractivity contribution in [2.45, 2.75) is 63.6 Å². The molecule has 2 heterocycles. The molecule has 3 N–H and O–H groups in total. The number of alkyl halides is 2. The molecule has 0 spiro atoms. The van der Waals surface area contributed by atoms with Gasteiger partial charge < -0.3 is 16.0 Å². The van der Waals surface area contributed by atoms with E-state index in [0.29, 0.717) is 24.2 Å². The van der Waals surface area contributed by atoms with Gasteiger partial charge in [-0.2, -0.15) is 0 Å². The number of rotatable bonds is 3. The lowest BCUT2D eigenvalue weighted by Gasteiger charge is -2.29. The molecule has 1 aliphatic heterocycles. The van der Waals surface area contributed by atoms with Gasteiger partial charge in [0.05, 0.1) is 5.52 Å². The van der Waals surface area contributed by atoms with Crippen LogP contribution in [0.5, 0.6) is 0 Å². The first-order chi connectivity index (χ1) is 15.4. The lowest BCUT2D eigenvalue weighted by molar-refractivity contribution is -0.00967. The molecule has 0 bridgehead atoms. The van der Waals surface area contributed by atoms with Crippen LogP contribution < -0.4 is 16.0 Å². The smallest absolute Gasteiger partial charge is 0.275 e. The summed E-state index contributed by atoms with van der Waals surface area (Å²) in [5.74, 6) is -2.09. The van der Waals surface area contributed by atoms with Crippen LogP contribution in [0.4, 0.5) is 20.3 Å². The van der Waals surface area contributed by atoms with Crippen LogP contribution in [0.3, 0.4) is 0 Å². The minimum Gasteiger partial charge on any atom is -0.382 e. The molecule has 5 rings (SSSR count). The molecule has 0 radical (unpaired) electrons. The molecular weight excluding hydrogens is 406 g/mol. The summed E-state index contributed by atoms with van der Waals surface area (Å²) >= 11 is 0. The van der Waals surface area contributed by atoms with Gasteiger partial charge in [0.2, 0.25) is 0 Å². The maximum atomic E-state index is 14.8. The van der Waals surface area contributed by atoms with Gasteiger partial charge in [-0.05, 0) is 50.3 Å². The number of anilines is 2. The molecule has 168 valence electrons. The van der Waals surface area contributed by atoms with Crippen molar-refractivity contribution in [1.82, 2.24) is 4.98 Å². The van der Waals surface area contributed by atoms with Crippen LogP contribution in [0.1, 0.15) is 48.8 Å². The molecule has 32 heavy (non-hydrogen) atoms. The highest BCUT2D eigenvalue weighted by molar-refractivity contribution is 5.93. The zero-order chi connectivity index (χ0) is 22.3. The van der Waals surface area contributed by atoms with Crippen LogP contribution in [0.2, 0.25) is 0 Å². The zero-order valence-electron chi connectivity index (χ0n) is 18.5. The average molecular weight is 437 g/mol. The molecule has 2 aromatic carbocycles. The lowest BCUT2D eigenvalue weighted by atomic mass is 9.91. The Morgan fingerprint density at radius 1 is 1.06 bits per heavy atom. The number of nitrogens with two attached hydrogens (primary N) is 1. The van der Waals surface area contributed by atoms with Gasteiger partial charge in [-0.15, -0.1) is 0 Å². The molecule has 1 aliphatic carbocycles. The lowest BCUT2D eigenvalue weighted by Crippen LogP contribution is -2.33. The van der Waals surface area contributed by atoms with Gasteiger partial charge in [-0.1, -0.05) is 35.9 Å². The molecule has 0 unspecified atom stereocenters. The highest BCUT2D eigenvalue weighted by atomic mass is 19.3. The van der Waals surface area contributed by atoms with Crippen molar-refractivity contribution in [3.63, 3.8) is 0 Å². The summed E-state index contributed by atoms with van der Waals surface area (Å²) in [7, 11) is 0. The largest absolute Gasteiger partial charge is 0.382 e. The van der Waals surface area contributed by atoms with Crippen LogP contribution in [0.15, 0.2) is 48.5 Å². The Morgan fingerprint density at radius 2 is 1.84 bits per heavy atom. The summed E-state index contributed by atoms with van der Waals surface area (Å²) in [5.41, 5.74) is 9.97. The highest BCUT2D eigenvalue weighted by Gasteiger charge is 2.37. The molecular formula is C26H30F2N4. The predicted octanol–water partition coefficient (Wildman–Crippen LogP) is 5.73. The summed E-state index contributed by atoms with van der Waals surface area (Å²) < 4.78 is 29.6. The van der Waals surface area contributed by atoms with Gasteiger partial charge in [-0.25, -0.2) is 13.8 Å². The number of benzene rings is 2. The molecule has 0 atom stereocenters. The zero-order valence-corrected chi connectivity index (χ0v) is 18.5. The number of aryl methyl sites for hydroxylation is 1. The summed E-state index contributed by atoms with van der Waals surface area (Å²) in [6.45, 7) is 2.75. The fourth-order valence-electron chi connectivity index (χ4n) is 5.00. The van der Waals surface area contributed by atoms with Crippen LogP contribution >= 0.6 is 0 Å². The quantitative estimate of drug-likeness (QED) is 0.551. The minimum atomic E-state index is -2.83. The standard InChI is InChI=1S/C26H30F2N4/c1-17-6-11-23-21(14-17)24(30-20-9-7-19(29)8-10-20)15-25(31-23)32-13-12-26(27,28)22-5-3-2-4-18(22)16-32/h2-6,11,14-15,19-20H,7-10,12-13,16,29H2,1H3,(H,30,31)/t19-,20+. The molecule has 1 saturated carbocycles. The van der Waals surface area contributed by atoms with E-state index < -0.39 is 5.92 Å².